The Bertz CT molecular complexity index is 550. The van der Waals surface area contributed by atoms with Gasteiger partial charge in [0.1, 0.15) is 12.4 Å². The van der Waals surface area contributed by atoms with Gasteiger partial charge in [-0.1, -0.05) is 18.2 Å². The Hall–Kier alpha value is -1.02. The van der Waals surface area contributed by atoms with Crippen LogP contribution in [0.4, 0.5) is 0 Å². The van der Waals surface area contributed by atoms with Crippen LogP contribution in [-0.4, -0.2) is 68.2 Å². The molecule has 1 saturated carbocycles. The average molecular weight is 472 g/mol. The number of benzene rings is 1. The highest BCUT2D eigenvalue weighted by molar-refractivity contribution is 14.0. The zero-order chi connectivity index (χ0) is 17.5. The van der Waals surface area contributed by atoms with Gasteiger partial charge in [-0.2, -0.15) is 0 Å². The molecule has 6 heteroatoms. The predicted octanol–water partition coefficient (Wildman–Crippen LogP) is 3.07. The average Bonchev–Trinajstić information content (AvgIpc) is 3.38. The molecule has 1 saturated heterocycles. The van der Waals surface area contributed by atoms with Gasteiger partial charge in [0.2, 0.25) is 0 Å². The van der Waals surface area contributed by atoms with Gasteiger partial charge in [-0.15, -0.1) is 24.0 Å². The first-order chi connectivity index (χ1) is 12.3. The Morgan fingerprint density at radius 3 is 2.73 bits per heavy atom. The van der Waals surface area contributed by atoms with Gasteiger partial charge in [-0.05, 0) is 50.8 Å². The Morgan fingerprint density at radius 1 is 1.27 bits per heavy atom. The van der Waals surface area contributed by atoms with E-state index < -0.39 is 0 Å². The molecule has 1 atom stereocenters. The lowest BCUT2D eigenvalue weighted by atomic mass is 10.1. The summed E-state index contributed by atoms with van der Waals surface area (Å²) in [4.78, 5) is 9.71. The van der Waals surface area contributed by atoms with Crippen molar-refractivity contribution in [1.82, 2.24) is 15.1 Å². The van der Waals surface area contributed by atoms with E-state index in [9.17, 15) is 0 Å². The Kier molecular flexibility index (Phi) is 8.98. The molecule has 146 valence electrons. The Labute approximate surface area is 175 Å². The van der Waals surface area contributed by atoms with Crippen LogP contribution >= 0.6 is 24.0 Å². The molecule has 0 spiro atoms. The summed E-state index contributed by atoms with van der Waals surface area (Å²) in [5, 5.41) is 3.41. The van der Waals surface area contributed by atoms with E-state index in [1.165, 1.54) is 32.4 Å². The zero-order valence-electron chi connectivity index (χ0n) is 16.1. The molecule has 0 aromatic heterocycles. The molecular formula is C20H33IN4O. The minimum atomic E-state index is 0. The molecule has 1 aromatic rings. The van der Waals surface area contributed by atoms with E-state index >= 15 is 0 Å². The smallest absolute Gasteiger partial charge is 0.193 e. The van der Waals surface area contributed by atoms with Gasteiger partial charge >= 0.3 is 0 Å². The Morgan fingerprint density at radius 2 is 2.04 bits per heavy atom. The molecule has 1 unspecified atom stereocenters. The van der Waals surface area contributed by atoms with Gasteiger partial charge < -0.3 is 19.9 Å². The van der Waals surface area contributed by atoms with Crippen molar-refractivity contribution in [3.05, 3.63) is 30.3 Å². The molecule has 5 nitrogen and oxygen atoms in total. The standard InChI is InChI=1S/C20H32N4O.HI/c1-3-21-20(22-15-17-11-12-24(16-17)18-9-10-18)23(2)13-14-25-19-7-5-4-6-8-19;/h4-8,17-18H,3,9-16H2,1-2H3,(H,21,22);1H. The fourth-order valence-corrected chi connectivity index (χ4v) is 3.39. The molecule has 0 amide bonds. The number of nitrogens with one attached hydrogen (secondary N) is 1. The summed E-state index contributed by atoms with van der Waals surface area (Å²) in [5.41, 5.74) is 0. The number of likely N-dealkylation sites (N-methyl/N-ethyl adjacent to an activating group) is 1. The molecule has 1 aliphatic heterocycles. The van der Waals surface area contributed by atoms with Crippen LogP contribution in [0.25, 0.3) is 0 Å². The third kappa shape index (κ3) is 6.61. The number of hydrogen-bond donors (Lipinski definition) is 1. The quantitative estimate of drug-likeness (QED) is 0.359. The summed E-state index contributed by atoms with van der Waals surface area (Å²) in [7, 11) is 2.08. The number of para-hydroxylation sites is 1. The molecule has 1 aromatic carbocycles. The van der Waals surface area contributed by atoms with E-state index in [0.29, 0.717) is 12.5 Å². The molecule has 3 rings (SSSR count). The summed E-state index contributed by atoms with van der Waals surface area (Å²) in [5.74, 6) is 2.62. The van der Waals surface area contributed by atoms with Crippen molar-refractivity contribution in [2.24, 2.45) is 10.9 Å². The molecule has 0 bridgehead atoms. The first-order valence-electron chi connectivity index (χ1n) is 9.67. The minimum absolute atomic E-state index is 0. The van der Waals surface area contributed by atoms with Crippen LogP contribution in [0, 0.1) is 5.92 Å². The number of aliphatic imine (C=N–C) groups is 1. The number of halogens is 1. The largest absolute Gasteiger partial charge is 0.492 e. The second-order valence-electron chi connectivity index (χ2n) is 7.16. The van der Waals surface area contributed by atoms with Crippen molar-refractivity contribution >= 4 is 29.9 Å². The van der Waals surface area contributed by atoms with Crippen molar-refractivity contribution in [1.29, 1.82) is 0 Å². The second-order valence-corrected chi connectivity index (χ2v) is 7.16. The first-order valence-corrected chi connectivity index (χ1v) is 9.67. The molecule has 1 heterocycles. The third-order valence-electron chi connectivity index (χ3n) is 5.01. The van der Waals surface area contributed by atoms with Crippen molar-refractivity contribution < 1.29 is 4.74 Å². The monoisotopic (exact) mass is 472 g/mol. The highest BCUT2D eigenvalue weighted by Gasteiger charge is 2.34. The number of rotatable bonds is 8. The van der Waals surface area contributed by atoms with Crippen molar-refractivity contribution in [3.63, 3.8) is 0 Å². The van der Waals surface area contributed by atoms with Crippen molar-refractivity contribution in [2.75, 3.05) is 46.4 Å². The van der Waals surface area contributed by atoms with E-state index in [4.69, 9.17) is 9.73 Å². The fraction of sp³-hybridized carbons (Fsp3) is 0.650. The van der Waals surface area contributed by atoms with Crippen LogP contribution in [0.3, 0.4) is 0 Å². The molecule has 0 radical (unpaired) electrons. The zero-order valence-corrected chi connectivity index (χ0v) is 18.4. The van der Waals surface area contributed by atoms with Crippen LogP contribution in [0.1, 0.15) is 26.2 Å². The summed E-state index contributed by atoms with van der Waals surface area (Å²) < 4.78 is 5.80. The van der Waals surface area contributed by atoms with Gasteiger partial charge in [0.05, 0.1) is 6.54 Å². The molecule has 2 aliphatic rings. The maximum absolute atomic E-state index is 5.80. The van der Waals surface area contributed by atoms with Crippen LogP contribution < -0.4 is 10.1 Å². The predicted molar refractivity (Wildman–Crippen MR) is 119 cm³/mol. The molecule has 26 heavy (non-hydrogen) atoms. The van der Waals surface area contributed by atoms with Crippen molar-refractivity contribution in [2.45, 2.75) is 32.2 Å². The maximum atomic E-state index is 5.80. The van der Waals surface area contributed by atoms with Crippen molar-refractivity contribution in [3.8, 4) is 5.75 Å². The Balaban J connectivity index is 0.00000243. The minimum Gasteiger partial charge on any atom is -0.492 e. The van der Waals surface area contributed by atoms with Gasteiger partial charge in [0.15, 0.2) is 5.96 Å². The first kappa shape index (κ1) is 21.3. The topological polar surface area (TPSA) is 40.1 Å². The van der Waals surface area contributed by atoms with Gasteiger partial charge in [-0.3, -0.25) is 4.99 Å². The lowest BCUT2D eigenvalue weighted by Crippen LogP contribution is -2.41. The number of ether oxygens (including phenoxy) is 1. The van der Waals surface area contributed by atoms with Gasteiger partial charge in [0.25, 0.3) is 0 Å². The lowest BCUT2D eigenvalue weighted by Gasteiger charge is -2.22. The molecule has 1 aliphatic carbocycles. The van der Waals surface area contributed by atoms with Crippen LogP contribution in [-0.2, 0) is 0 Å². The van der Waals surface area contributed by atoms with Crippen LogP contribution in [0.15, 0.2) is 35.3 Å². The maximum Gasteiger partial charge on any atom is 0.193 e. The van der Waals surface area contributed by atoms with E-state index in [1.807, 2.05) is 30.3 Å². The summed E-state index contributed by atoms with van der Waals surface area (Å²) in [6.45, 7) is 7.91. The summed E-state index contributed by atoms with van der Waals surface area (Å²) in [6.07, 6.45) is 4.10. The normalized spacial score (nSPS) is 20.5. The number of guanidine groups is 1. The highest BCUT2D eigenvalue weighted by Crippen LogP contribution is 2.31. The van der Waals surface area contributed by atoms with E-state index in [-0.39, 0.29) is 24.0 Å². The fourth-order valence-electron chi connectivity index (χ4n) is 3.39. The van der Waals surface area contributed by atoms with Gasteiger partial charge in [-0.25, -0.2) is 0 Å². The lowest BCUT2D eigenvalue weighted by molar-refractivity contribution is 0.281. The number of nitrogens with zero attached hydrogens (tertiary/aromatic N) is 3. The summed E-state index contributed by atoms with van der Waals surface area (Å²) in [6, 6.07) is 10.9. The van der Waals surface area contributed by atoms with Crippen LogP contribution in [0.2, 0.25) is 0 Å². The van der Waals surface area contributed by atoms with E-state index in [0.717, 1.165) is 37.4 Å². The molecule has 2 fully saturated rings. The highest BCUT2D eigenvalue weighted by atomic mass is 127. The second kappa shape index (κ2) is 11.0. The number of hydrogen-bond acceptors (Lipinski definition) is 3. The molecule has 1 N–H and O–H groups in total. The van der Waals surface area contributed by atoms with Crippen LogP contribution in [0.5, 0.6) is 5.75 Å². The molecular weight excluding hydrogens is 439 g/mol. The number of likely N-dealkylation sites (tertiary alicyclic amines) is 1. The summed E-state index contributed by atoms with van der Waals surface area (Å²) >= 11 is 0. The van der Waals surface area contributed by atoms with E-state index in [2.05, 4.69) is 29.1 Å². The SMILES string of the molecule is CCNC(=NCC1CCN(C2CC2)C1)N(C)CCOc1ccccc1.I. The third-order valence-corrected chi connectivity index (χ3v) is 5.01. The van der Waals surface area contributed by atoms with Gasteiger partial charge in [0, 0.05) is 32.7 Å². The van der Waals surface area contributed by atoms with E-state index in [1.54, 1.807) is 0 Å².